The molecule has 2 N–H and O–H groups in total. The molecule has 0 aliphatic carbocycles. The topological polar surface area (TPSA) is 86.7 Å². The molecule has 1 aliphatic heterocycles. The molecular formula is C17H29N5O2S. The van der Waals surface area contributed by atoms with E-state index in [0.717, 1.165) is 24.5 Å². The molecule has 0 aromatic carbocycles. The van der Waals surface area contributed by atoms with Crippen molar-refractivity contribution in [1.82, 2.24) is 15.6 Å². The maximum atomic E-state index is 11.3. The minimum atomic E-state index is -2.94. The SMILES string of the molecule is CN=C(NCc1ccnc(N2CCCC2)c1)NC(C)CCS(C)(=O)=O. The third-order valence-electron chi connectivity index (χ3n) is 4.23. The molecule has 8 heteroatoms. The highest BCUT2D eigenvalue weighted by atomic mass is 32.2. The normalized spacial score (nSPS) is 16.8. The number of rotatable bonds is 7. The van der Waals surface area contributed by atoms with Crippen molar-refractivity contribution in [3.05, 3.63) is 23.9 Å². The average molecular weight is 368 g/mol. The van der Waals surface area contributed by atoms with E-state index in [9.17, 15) is 8.42 Å². The van der Waals surface area contributed by atoms with Crippen LogP contribution in [0.3, 0.4) is 0 Å². The van der Waals surface area contributed by atoms with Gasteiger partial charge in [-0.05, 0) is 43.9 Å². The monoisotopic (exact) mass is 367 g/mol. The van der Waals surface area contributed by atoms with E-state index in [0.29, 0.717) is 18.9 Å². The van der Waals surface area contributed by atoms with Gasteiger partial charge in [-0.3, -0.25) is 4.99 Å². The number of aliphatic imine (C=N–C) groups is 1. The molecule has 7 nitrogen and oxygen atoms in total. The van der Waals surface area contributed by atoms with Crippen LogP contribution in [0.4, 0.5) is 5.82 Å². The lowest BCUT2D eigenvalue weighted by atomic mass is 10.2. The number of pyridine rings is 1. The number of nitrogens with one attached hydrogen (secondary N) is 2. The zero-order valence-electron chi connectivity index (χ0n) is 15.3. The molecule has 1 aromatic heterocycles. The number of hydrogen-bond acceptors (Lipinski definition) is 5. The van der Waals surface area contributed by atoms with Gasteiger partial charge in [-0.15, -0.1) is 0 Å². The molecular weight excluding hydrogens is 338 g/mol. The highest BCUT2D eigenvalue weighted by Crippen LogP contribution is 2.18. The van der Waals surface area contributed by atoms with Crippen LogP contribution in [0.2, 0.25) is 0 Å². The molecule has 0 bridgehead atoms. The molecule has 0 spiro atoms. The van der Waals surface area contributed by atoms with Gasteiger partial charge in [0.25, 0.3) is 0 Å². The summed E-state index contributed by atoms with van der Waals surface area (Å²) in [5, 5.41) is 6.50. The Bertz CT molecular complexity index is 684. The van der Waals surface area contributed by atoms with Crippen LogP contribution in [0.25, 0.3) is 0 Å². The summed E-state index contributed by atoms with van der Waals surface area (Å²) in [6.07, 6.45) is 6.11. The number of anilines is 1. The summed E-state index contributed by atoms with van der Waals surface area (Å²) in [4.78, 5) is 11.0. The fourth-order valence-corrected chi connectivity index (χ4v) is 3.55. The lowest BCUT2D eigenvalue weighted by Gasteiger charge is -2.19. The Balaban J connectivity index is 1.85. The van der Waals surface area contributed by atoms with Crippen molar-refractivity contribution in [2.75, 3.05) is 37.0 Å². The summed E-state index contributed by atoms with van der Waals surface area (Å²) in [5.74, 6) is 1.86. The van der Waals surface area contributed by atoms with Gasteiger partial charge in [-0.1, -0.05) is 0 Å². The average Bonchev–Trinajstić information content (AvgIpc) is 3.11. The first-order chi connectivity index (χ1) is 11.9. The first-order valence-electron chi connectivity index (χ1n) is 8.72. The molecule has 140 valence electrons. The van der Waals surface area contributed by atoms with Crippen LogP contribution in [-0.4, -0.2) is 57.5 Å². The van der Waals surface area contributed by atoms with E-state index >= 15 is 0 Å². The number of sulfone groups is 1. The minimum Gasteiger partial charge on any atom is -0.357 e. The number of aromatic nitrogens is 1. The second-order valence-corrected chi connectivity index (χ2v) is 8.87. The largest absolute Gasteiger partial charge is 0.357 e. The predicted octanol–water partition coefficient (Wildman–Crippen LogP) is 1.17. The van der Waals surface area contributed by atoms with Gasteiger partial charge in [-0.2, -0.15) is 0 Å². The van der Waals surface area contributed by atoms with Crippen LogP contribution in [0.1, 0.15) is 31.7 Å². The van der Waals surface area contributed by atoms with E-state index in [-0.39, 0.29) is 11.8 Å². The molecule has 0 radical (unpaired) electrons. The van der Waals surface area contributed by atoms with Crippen molar-refractivity contribution in [3.8, 4) is 0 Å². The third-order valence-corrected chi connectivity index (χ3v) is 5.21. The van der Waals surface area contributed by atoms with E-state index < -0.39 is 9.84 Å². The van der Waals surface area contributed by atoms with Gasteiger partial charge in [0.15, 0.2) is 5.96 Å². The van der Waals surface area contributed by atoms with Crippen LogP contribution in [-0.2, 0) is 16.4 Å². The van der Waals surface area contributed by atoms with Crippen LogP contribution in [0.15, 0.2) is 23.3 Å². The van der Waals surface area contributed by atoms with Crippen molar-refractivity contribution >= 4 is 21.6 Å². The Morgan fingerprint density at radius 1 is 1.40 bits per heavy atom. The van der Waals surface area contributed by atoms with Gasteiger partial charge in [0.2, 0.25) is 0 Å². The van der Waals surface area contributed by atoms with Crippen molar-refractivity contribution in [3.63, 3.8) is 0 Å². The van der Waals surface area contributed by atoms with Gasteiger partial charge >= 0.3 is 0 Å². The molecule has 1 atom stereocenters. The third kappa shape index (κ3) is 6.89. The molecule has 2 heterocycles. The smallest absolute Gasteiger partial charge is 0.191 e. The van der Waals surface area contributed by atoms with E-state index in [1.54, 1.807) is 7.05 Å². The van der Waals surface area contributed by atoms with Gasteiger partial charge in [0.1, 0.15) is 15.7 Å². The molecule has 2 rings (SSSR count). The molecule has 1 fully saturated rings. The number of guanidine groups is 1. The van der Waals surface area contributed by atoms with Crippen LogP contribution >= 0.6 is 0 Å². The fraction of sp³-hybridized carbons (Fsp3) is 0.647. The summed E-state index contributed by atoms with van der Waals surface area (Å²) in [6, 6.07) is 4.13. The second kappa shape index (κ2) is 9.03. The lowest BCUT2D eigenvalue weighted by molar-refractivity contribution is 0.581. The quantitative estimate of drug-likeness (QED) is 0.556. The first kappa shape index (κ1) is 19.5. The predicted molar refractivity (Wildman–Crippen MR) is 103 cm³/mol. The number of hydrogen-bond donors (Lipinski definition) is 2. The molecule has 1 saturated heterocycles. The molecule has 25 heavy (non-hydrogen) atoms. The molecule has 1 aromatic rings. The molecule has 0 amide bonds. The molecule has 1 aliphatic rings. The molecule has 1 unspecified atom stereocenters. The van der Waals surface area contributed by atoms with Gasteiger partial charge in [0, 0.05) is 45.2 Å². The summed E-state index contributed by atoms with van der Waals surface area (Å²) < 4.78 is 22.5. The van der Waals surface area contributed by atoms with E-state index in [1.165, 1.54) is 19.1 Å². The summed E-state index contributed by atoms with van der Waals surface area (Å²) in [6.45, 7) is 4.74. The Morgan fingerprint density at radius 3 is 2.76 bits per heavy atom. The van der Waals surface area contributed by atoms with Crippen molar-refractivity contribution < 1.29 is 8.42 Å². The maximum absolute atomic E-state index is 11.3. The number of nitrogens with zero attached hydrogens (tertiary/aromatic N) is 3. The summed E-state index contributed by atoms with van der Waals surface area (Å²) in [7, 11) is -1.23. The Kier molecular flexibility index (Phi) is 7.04. The van der Waals surface area contributed by atoms with E-state index in [1.807, 2.05) is 19.2 Å². The van der Waals surface area contributed by atoms with Crippen LogP contribution in [0, 0.1) is 0 Å². The summed E-state index contributed by atoms with van der Waals surface area (Å²) >= 11 is 0. The Labute approximate surface area is 150 Å². The van der Waals surface area contributed by atoms with Gasteiger partial charge in [-0.25, -0.2) is 13.4 Å². The van der Waals surface area contributed by atoms with Crippen molar-refractivity contribution in [1.29, 1.82) is 0 Å². The highest BCUT2D eigenvalue weighted by Gasteiger charge is 2.14. The lowest BCUT2D eigenvalue weighted by Crippen LogP contribution is -2.42. The minimum absolute atomic E-state index is 0.0264. The van der Waals surface area contributed by atoms with Crippen LogP contribution < -0.4 is 15.5 Å². The first-order valence-corrected chi connectivity index (χ1v) is 10.8. The Morgan fingerprint density at radius 2 is 2.12 bits per heavy atom. The zero-order chi connectivity index (χ0) is 18.3. The van der Waals surface area contributed by atoms with Gasteiger partial charge < -0.3 is 15.5 Å². The van der Waals surface area contributed by atoms with Crippen LogP contribution in [0.5, 0.6) is 0 Å². The maximum Gasteiger partial charge on any atom is 0.191 e. The van der Waals surface area contributed by atoms with Gasteiger partial charge in [0.05, 0.1) is 5.75 Å². The van der Waals surface area contributed by atoms with Crippen molar-refractivity contribution in [2.45, 2.75) is 38.8 Å². The van der Waals surface area contributed by atoms with E-state index in [2.05, 4.69) is 31.6 Å². The van der Waals surface area contributed by atoms with Crippen molar-refractivity contribution in [2.24, 2.45) is 4.99 Å². The second-order valence-electron chi connectivity index (χ2n) is 6.61. The van der Waals surface area contributed by atoms with E-state index in [4.69, 9.17) is 0 Å². The highest BCUT2D eigenvalue weighted by molar-refractivity contribution is 7.90. The Hall–Kier alpha value is -1.83. The molecule has 0 saturated carbocycles. The standard InChI is InChI=1S/C17H29N5O2S/c1-14(7-11-25(3,23)24)21-17(18-2)20-13-15-6-8-19-16(12-15)22-9-4-5-10-22/h6,8,12,14H,4-5,7,9-11,13H2,1-3H3,(H2,18,20,21). The zero-order valence-corrected chi connectivity index (χ0v) is 16.1. The fourth-order valence-electron chi connectivity index (χ4n) is 2.77. The summed E-state index contributed by atoms with van der Waals surface area (Å²) in [5.41, 5.74) is 1.14.